The average molecular weight is 322 g/mol. The van der Waals surface area contributed by atoms with Gasteiger partial charge in [-0.3, -0.25) is 0 Å². The van der Waals surface area contributed by atoms with Crippen molar-refractivity contribution in [1.82, 2.24) is 4.90 Å². The highest BCUT2D eigenvalue weighted by Gasteiger charge is 2.27. The van der Waals surface area contributed by atoms with Crippen LogP contribution in [0.4, 0.5) is 0 Å². The van der Waals surface area contributed by atoms with E-state index in [9.17, 15) is 0 Å². The van der Waals surface area contributed by atoms with Crippen molar-refractivity contribution >= 4 is 0 Å². The van der Waals surface area contributed by atoms with Crippen molar-refractivity contribution in [3.63, 3.8) is 0 Å². The summed E-state index contributed by atoms with van der Waals surface area (Å²) in [7, 11) is 2.34. The Morgan fingerprint density at radius 3 is 1.83 bits per heavy atom. The summed E-state index contributed by atoms with van der Waals surface area (Å²) in [6.45, 7) is 8.28. The van der Waals surface area contributed by atoms with Crippen LogP contribution in [0.5, 0.6) is 0 Å². The van der Waals surface area contributed by atoms with E-state index in [0.29, 0.717) is 5.54 Å². The lowest BCUT2D eigenvalue weighted by atomic mass is 9.86. The molecule has 0 aromatic rings. The number of rotatable bonds is 16. The zero-order chi connectivity index (χ0) is 17.4. The topological polar surface area (TPSA) is 3.24 Å². The van der Waals surface area contributed by atoms with Crippen LogP contribution in [0, 0.1) is 12.3 Å². The molecule has 0 heterocycles. The Morgan fingerprint density at radius 1 is 0.783 bits per heavy atom. The molecule has 0 amide bonds. The van der Waals surface area contributed by atoms with Crippen LogP contribution in [-0.4, -0.2) is 24.0 Å². The molecule has 1 nitrogen and oxygen atoms in total. The molecular formula is C22H43N. The first kappa shape index (κ1) is 22.5. The Bertz CT molecular complexity index is 291. The fourth-order valence-electron chi connectivity index (χ4n) is 3.39. The zero-order valence-corrected chi connectivity index (χ0v) is 16.6. The summed E-state index contributed by atoms with van der Waals surface area (Å²) in [6.07, 6.45) is 23.8. The average Bonchev–Trinajstić information content (AvgIpc) is 2.55. The summed E-state index contributed by atoms with van der Waals surface area (Å²) >= 11 is 0. The Kier molecular flexibility index (Phi) is 14.8. The van der Waals surface area contributed by atoms with Gasteiger partial charge in [-0.2, -0.15) is 0 Å². The maximum atomic E-state index is 5.37. The molecule has 0 radical (unpaired) electrons. The van der Waals surface area contributed by atoms with Crippen LogP contribution in [0.1, 0.15) is 111 Å². The molecule has 1 heteroatoms. The van der Waals surface area contributed by atoms with Crippen molar-refractivity contribution in [3.05, 3.63) is 0 Å². The number of hydrogen-bond donors (Lipinski definition) is 0. The van der Waals surface area contributed by atoms with Crippen LogP contribution in [0.3, 0.4) is 0 Å². The first-order valence-corrected chi connectivity index (χ1v) is 10.3. The standard InChI is InChI=1S/C22H43N/c1-6-9-12-15-17-20-22(4,19-16-13-10-7-2)23(5)21-18-14-11-8-3/h3H,6-7,9-21H2,1-2,4-5H3. The van der Waals surface area contributed by atoms with E-state index < -0.39 is 0 Å². The number of terminal acetylenes is 1. The summed E-state index contributed by atoms with van der Waals surface area (Å²) in [6, 6.07) is 0. The van der Waals surface area contributed by atoms with E-state index >= 15 is 0 Å². The minimum atomic E-state index is 0.385. The fourth-order valence-corrected chi connectivity index (χ4v) is 3.39. The molecule has 23 heavy (non-hydrogen) atoms. The highest BCUT2D eigenvalue weighted by molar-refractivity contribution is 4.86. The highest BCUT2D eigenvalue weighted by atomic mass is 15.2. The third-order valence-corrected chi connectivity index (χ3v) is 5.37. The number of hydrogen-bond acceptors (Lipinski definition) is 1. The minimum Gasteiger partial charge on any atom is -0.301 e. The van der Waals surface area contributed by atoms with Crippen molar-refractivity contribution in [2.45, 2.75) is 116 Å². The second-order valence-corrected chi connectivity index (χ2v) is 7.55. The monoisotopic (exact) mass is 321 g/mol. The van der Waals surface area contributed by atoms with Gasteiger partial charge in [0.15, 0.2) is 0 Å². The molecule has 1 unspecified atom stereocenters. The van der Waals surface area contributed by atoms with E-state index in [-0.39, 0.29) is 0 Å². The smallest absolute Gasteiger partial charge is 0.0178 e. The lowest BCUT2D eigenvalue weighted by Crippen LogP contribution is -2.44. The maximum absolute atomic E-state index is 5.37. The van der Waals surface area contributed by atoms with Gasteiger partial charge in [-0.05, 0) is 46.2 Å². The molecule has 0 rings (SSSR count). The molecule has 1 atom stereocenters. The Balaban J connectivity index is 4.29. The summed E-state index contributed by atoms with van der Waals surface area (Å²) in [5, 5.41) is 0. The zero-order valence-electron chi connectivity index (χ0n) is 16.6. The third-order valence-electron chi connectivity index (χ3n) is 5.37. The molecule has 0 N–H and O–H groups in total. The molecule has 0 aliphatic carbocycles. The van der Waals surface area contributed by atoms with Crippen molar-refractivity contribution in [2.75, 3.05) is 13.6 Å². The van der Waals surface area contributed by atoms with Gasteiger partial charge < -0.3 is 4.90 Å². The SMILES string of the molecule is C#CCCCCN(C)C(C)(CCCCCC)CCCCCCC. The molecule has 0 saturated carbocycles. The van der Waals surface area contributed by atoms with Gasteiger partial charge in [-0.15, -0.1) is 12.3 Å². The fraction of sp³-hybridized carbons (Fsp3) is 0.909. The van der Waals surface area contributed by atoms with Gasteiger partial charge in [-0.25, -0.2) is 0 Å². The lowest BCUT2D eigenvalue weighted by Gasteiger charge is -2.40. The van der Waals surface area contributed by atoms with Crippen LogP contribution >= 0.6 is 0 Å². The summed E-state index contributed by atoms with van der Waals surface area (Å²) < 4.78 is 0. The predicted molar refractivity (Wildman–Crippen MR) is 106 cm³/mol. The molecule has 136 valence electrons. The normalized spacial score (nSPS) is 13.9. The third kappa shape index (κ3) is 11.7. The van der Waals surface area contributed by atoms with Crippen LogP contribution in [0.25, 0.3) is 0 Å². The van der Waals surface area contributed by atoms with Gasteiger partial charge in [0.05, 0.1) is 0 Å². The van der Waals surface area contributed by atoms with E-state index in [0.717, 1.165) is 6.42 Å². The molecule has 0 spiro atoms. The molecule has 0 aromatic carbocycles. The Labute approximate surface area is 147 Å². The molecule has 0 saturated heterocycles. The summed E-state index contributed by atoms with van der Waals surface area (Å²) in [4.78, 5) is 2.63. The van der Waals surface area contributed by atoms with Crippen molar-refractivity contribution in [2.24, 2.45) is 0 Å². The predicted octanol–water partition coefficient (Wildman–Crippen LogP) is 6.81. The molecule has 0 fully saturated rings. The first-order chi connectivity index (χ1) is 11.1. The molecule has 0 aliphatic heterocycles. The molecular weight excluding hydrogens is 278 g/mol. The van der Waals surface area contributed by atoms with Gasteiger partial charge in [0.1, 0.15) is 0 Å². The van der Waals surface area contributed by atoms with Gasteiger partial charge in [0, 0.05) is 12.0 Å². The second kappa shape index (κ2) is 15.1. The van der Waals surface area contributed by atoms with Gasteiger partial charge >= 0.3 is 0 Å². The minimum absolute atomic E-state index is 0.385. The van der Waals surface area contributed by atoms with Gasteiger partial charge in [0.2, 0.25) is 0 Å². The Morgan fingerprint density at radius 2 is 1.30 bits per heavy atom. The van der Waals surface area contributed by atoms with E-state index in [1.54, 1.807) is 0 Å². The van der Waals surface area contributed by atoms with E-state index in [1.807, 2.05) is 0 Å². The number of unbranched alkanes of at least 4 members (excludes halogenated alkanes) is 9. The van der Waals surface area contributed by atoms with E-state index in [4.69, 9.17) is 6.42 Å². The van der Waals surface area contributed by atoms with Crippen LogP contribution < -0.4 is 0 Å². The Hall–Kier alpha value is -0.480. The van der Waals surface area contributed by atoms with E-state index in [1.165, 1.54) is 90.0 Å². The van der Waals surface area contributed by atoms with Crippen molar-refractivity contribution in [1.29, 1.82) is 0 Å². The van der Waals surface area contributed by atoms with Crippen LogP contribution in [0.2, 0.25) is 0 Å². The second-order valence-electron chi connectivity index (χ2n) is 7.55. The van der Waals surface area contributed by atoms with Gasteiger partial charge in [-0.1, -0.05) is 71.6 Å². The highest BCUT2D eigenvalue weighted by Crippen LogP contribution is 2.28. The molecule has 0 bridgehead atoms. The van der Waals surface area contributed by atoms with Crippen LogP contribution in [0.15, 0.2) is 0 Å². The van der Waals surface area contributed by atoms with Crippen molar-refractivity contribution in [3.8, 4) is 12.3 Å². The van der Waals surface area contributed by atoms with Crippen molar-refractivity contribution < 1.29 is 0 Å². The quantitative estimate of drug-likeness (QED) is 0.223. The molecule has 0 aliphatic rings. The summed E-state index contributed by atoms with van der Waals surface area (Å²) in [5.41, 5.74) is 0.385. The van der Waals surface area contributed by atoms with Gasteiger partial charge in [0.25, 0.3) is 0 Å². The first-order valence-electron chi connectivity index (χ1n) is 10.3. The summed E-state index contributed by atoms with van der Waals surface area (Å²) in [5.74, 6) is 2.76. The van der Waals surface area contributed by atoms with E-state index in [2.05, 4.69) is 38.6 Å². The molecule has 0 aromatic heterocycles. The largest absolute Gasteiger partial charge is 0.301 e. The van der Waals surface area contributed by atoms with Crippen LogP contribution in [-0.2, 0) is 0 Å². The maximum Gasteiger partial charge on any atom is 0.0178 e. The lowest BCUT2D eigenvalue weighted by molar-refractivity contribution is 0.107. The number of nitrogens with zero attached hydrogens (tertiary/aromatic N) is 1.